The lowest BCUT2D eigenvalue weighted by atomic mass is 10.7. The summed E-state index contributed by atoms with van der Waals surface area (Å²) >= 11 is 0. The highest BCUT2D eigenvalue weighted by molar-refractivity contribution is 7.39. The Bertz CT molecular complexity index is 104. The maximum absolute atomic E-state index is 10.1. The van der Waals surface area contributed by atoms with Crippen molar-refractivity contribution in [1.82, 2.24) is 0 Å². The lowest BCUT2D eigenvalue weighted by Gasteiger charge is -2.02. The molecule has 60 valence electrons. The van der Waals surface area contributed by atoms with E-state index in [0.717, 1.165) is 0 Å². The van der Waals surface area contributed by atoms with E-state index in [1.807, 2.05) is 0 Å². The van der Waals surface area contributed by atoms with E-state index in [4.69, 9.17) is 9.79 Å². The van der Waals surface area contributed by atoms with Gasteiger partial charge in [0, 0.05) is 6.92 Å². The molecule has 0 aromatic rings. The van der Waals surface area contributed by atoms with E-state index in [-0.39, 0.29) is 13.2 Å². The first kappa shape index (κ1) is 9.78. The molecule has 0 aromatic heterocycles. The van der Waals surface area contributed by atoms with Crippen LogP contribution in [-0.2, 0) is 14.1 Å². The molecule has 5 nitrogen and oxygen atoms in total. The molecule has 2 N–H and O–H groups in total. The van der Waals surface area contributed by atoms with Crippen molar-refractivity contribution >= 4 is 14.6 Å². The van der Waals surface area contributed by atoms with Crippen LogP contribution in [0.3, 0.4) is 0 Å². The third-order valence-corrected chi connectivity index (χ3v) is 1.01. The van der Waals surface area contributed by atoms with Gasteiger partial charge in [0.15, 0.2) is 0 Å². The van der Waals surface area contributed by atoms with Gasteiger partial charge >= 0.3 is 14.6 Å². The van der Waals surface area contributed by atoms with Crippen LogP contribution >= 0.6 is 8.60 Å². The molecule has 0 rings (SSSR count). The van der Waals surface area contributed by atoms with E-state index in [1.54, 1.807) is 0 Å². The molecule has 0 fully saturated rings. The first-order valence-electron chi connectivity index (χ1n) is 2.57. The molecule has 0 aromatic carbocycles. The zero-order valence-corrected chi connectivity index (χ0v) is 6.38. The van der Waals surface area contributed by atoms with Crippen LogP contribution in [0.1, 0.15) is 6.92 Å². The van der Waals surface area contributed by atoms with Gasteiger partial charge < -0.3 is 19.0 Å². The van der Waals surface area contributed by atoms with Crippen molar-refractivity contribution in [3.8, 4) is 0 Å². The largest absolute Gasteiger partial charge is 0.463 e. The van der Waals surface area contributed by atoms with Crippen LogP contribution in [0.25, 0.3) is 0 Å². The van der Waals surface area contributed by atoms with Gasteiger partial charge in [-0.1, -0.05) is 0 Å². The maximum atomic E-state index is 10.1. The topological polar surface area (TPSA) is 76.0 Å². The van der Waals surface area contributed by atoms with Crippen LogP contribution < -0.4 is 0 Å². The molecule has 0 aliphatic rings. The average molecular weight is 168 g/mol. The molecule has 0 spiro atoms. The van der Waals surface area contributed by atoms with Crippen molar-refractivity contribution in [2.45, 2.75) is 6.92 Å². The fourth-order valence-electron chi connectivity index (χ4n) is 0.304. The van der Waals surface area contributed by atoms with Gasteiger partial charge in [-0.3, -0.25) is 4.79 Å². The molecule has 0 radical (unpaired) electrons. The molecular formula is C4H9O5P. The fourth-order valence-corrected chi connectivity index (χ4v) is 0.542. The number of hydrogen-bond donors (Lipinski definition) is 2. The van der Waals surface area contributed by atoms with Crippen LogP contribution in [0, 0.1) is 0 Å². The number of esters is 1. The second-order valence-corrected chi connectivity index (χ2v) is 2.19. The number of hydrogen-bond acceptors (Lipinski definition) is 5. The van der Waals surface area contributed by atoms with Crippen LogP contribution in [0.5, 0.6) is 0 Å². The SMILES string of the molecule is CC(=O)OCCOP(O)O. The highest BCUT2D eigenvalue weighted by Crippen LogP contribution is 2.23. The quantitative estimate of drug-likeness (QED) is 0.344. The molecule has 0 unspecified atom stereocenters. The molecular weight excluding hydrogens is 159 g/mol. The fraction of sp³-hybridized carbons (Fsp3) is 0.750. The third-order valence-electron chi connectivity index (χ3n) is 0.595. The molecule has 0 saturated carbocycles. The highest BCUT2D eigenvalue weighted by atomic mass is 31.2. The third kappa shape index (κ3) is 7.78. The van der Waals surface area contributed by atoms with Gasteiger partial charge in [-0.15, -0.1) is 0 Å². The van der Waals surface area contributed by atoms with E-state index >= 15 is 0 Å². The summed E-state index contributed by atoms with van der Waals surface area (Å²) in [5.74, 6) is -0.413. The second-order valence-electron chi connectivity index (χ2n) is 1.43. The van der Waals surface area contributed by atoms with Crippen LogP contribution in [0.2, 0.25) is 0 Å². The normalized spacial score (nSPS) is 10.0. The van der Waals surface area contributed by atoms with Crippen LogP contribution in [-0.4, -0.2) is 29.0 Å². The van der Waals surface area contributed by atoms with Crippen molar-refractivity contribution < 1.29 is 23.8 Å². The zero-order valence-electron chi connectivity index (χ0n) is 5.48. The Kier molecular flexibility index (Phi) is 5.43. The van der Waals surface area contributed by atoms with Crippen LogP contribution in [0.4, 0.5) is 0 Å². The number of rotatable bonds is 4. The van der Waals surface area contributed by atoms with Gasteiger partial charge in [-0.25, -0.2) is 0 Å². The summed E-state index contributed by atoms with van der Waals surface area (Å²) in [5, 5.41) is 0. The Labute approximate surface area is 59.6 Å². The number of carbonyl (C=O) groups excluding carboxylic acids is 1. The van der Waals surface area contributed by atoms with Crippen LogP contribution in [0.15, 0.2) is 0 Å². The second kappa shape index (κ2) is 5.56. The maximum Gasteiger partial charge on any atom is 0.327 e. The minimum atomic E-state index is -2.32. The van der Waals surface area contributed by atoms with Gasteiger partial charge in [0.1, 0.15) is 6.61 Å². The van der Waals surface area contributed by atoms with Gasteiger partial charge in [0.2, 0.25) is 0 Å². The predicted octanol–water partition coefficient (Wildman–Crippen LogP) is -0.222. The zero-order chi connectivity index (χ0) is 7.98. The summed E-state index contributed by atoms with van der Waals surface area (Å²) in [6, 6.07) is 0. The van der Waals surface area contributed by atoms with Gasteiger partial charge in [0.25, 0.3) is 0 Å². The molecule has 6 heteroatoms. The Morgan fingerprint density at radius 3 is 2.50 bits per heavy atom. The molecule has 0 bridgehead atoms. The van der Waals surface area contributed by atoms with Crippen molar-refractivity contribution in [2.24, 2.45) is 0 Å². The summed E-state index contributed by atoms with van der Waals surface area (Å²) in [5.41, 5.74) is 0. The van der Waals surface area contributed by atoms with E-state index in [9.17, 15) is 4.79 Å². The Hall–Kier alpha value is -0.220. The van der Waals surface area contributed by atoms with Crippen molar-refractivity contribution in [2.75, 3.05) is 13.2 Å². The van der Waals surface area contributed by atoms with Crippen molar-refractivity contribution in [3.05, 3.63) is 0 Å². The number of carbonyl (C=O) groups is 1. The monoisotopic (exact) mass is 168 g/mol. The summed E-state index contributed by atoms with van der Waals surface area (Å²) in [7, 11) is -2.32. The highest BCUT2D eigenvalue weighted by Gasteiger charge is 1.98. The van der Waals surface area contributed by atoms with Gasteiger partial charge in [-0.2, -0.15) is 0 Å². The van der Waals surface area contributed by atoms with E-state index in [2.05, 4.69) is 9.26 Å². The minimum absolute atomic E-state index is 0.0122. The lowest BCUT2D eigenvalue weighted by molar-refractivity contribution is -0.141. The summed E-state index contributed by atoms with van der Waals surface area (Å²) in [4.78, 5) is 26.4. The van der Waals surface area contributed by atoms with E-state index in [1.165, 1.54) is 6.92 Å². The summed E-state index contributed by atoms with van der Waals surface area (Å²) in [6.45, 7) is 1.33. The molecule has 0 aliphatic carbocycles. The first-order valence-corrected chi connectivity index (χ1v) is 3.73. The Balaban J connectivity index is 2.98. The minimum Gasteiger partial charge on any atom is -0.463 e. The summed E-state index contributed by atoms with van der Waals surface area (Å²) in [6.07, 6.45) is 0. The Morgan fingerprint density at radius 1 is 1.50 bits per heavy atom. The number of ether oxygens (including phenoxy) is 1. The van der Waals surface area contributed by atoms with Gasteiger partial charge in [-0.05, 0) is 0 Å². The molecule has 0 aliphatic heterocycles. The molecule has 0 saturated heterocycles. The predicted molar refractivity (Wildman–Crippen MR) is 33.9 cm³/mol. The average Bonchev–Trinajstić information content (AvgIpc) is 1.79. The first-order chi connectivity index (χ1) is 4.63. The lowest BCUT2D eigenvalue weighted by Crippen LogP contribution is -2.05. The molecule has 10 heavy (non-hydrogen) atoms. The van der Waals surface area contributed by atoms with E-state index in [0.29, 0.717) is 0 Å². The van der Waals surface area contributed by atoms with Gasteiger partial charge in [0.05, 0.1) is 6.61 Å². The molecule has 0 heterocycles. The smallest absolute Gasteiger partial charge is 0.327 e. The Morgan fingerprint density at radius 2 is 2.10 bits per heavy atom. The summed E-state index contributed by atoms with van der Waals surface area (Å²) < 4.78 is 8.71. The van der Waals surface area contributed by atoms with E-state index < -0.39 is 14.6 Å². The molecule has 0 atom stereocenters. The van der Waals surface area contributed by atoms with Crippen molar-refractivity contribution in [3.63, 3.8) is 0 Å². The van der Waals surface area contributed by atoms with Crippen molar-refractivity contribution in [1.29, 1.82) is 0 Å². The molecule has 0 amide bonds. The standard InChI is InChI=1S/C4H9O5P/c1-4(5)8-2-3-9-10(6)7/h6-7H,2-3H2,1H3.